The van der Waals surface area contributed by atoms with E-state index in [1.165, 1.54) is 12.4 Å². The largest absolute Gasteiger partial charge is 0.397 e. The number of nitrogen functional groups attached to an aromatic ring is 1. The van der Waals surface area contributed by atoms with Crippen LogP contribution >= 0.6 is 0 Å². The molecule has 0 aliphatic heterocycles. The Balaban J connectivity index is 3.35. The van der Waals surface area contributed by atoms with Crippen molar-refractivity contribution in [2.75, 3.05) is 5.73 Å². The van der Waals surface area contributed by atoms with Crippen LogP contribution in [0, 0.1) is 0 Å². The number of anilines is 1. The van der Waals surface area contributed by atoms with Crippen molar-refractivity contribution in [3.05, 3.63) is 23.5 Å². The lowest BCUT2D eigenvalue weighted by atomic mass is 10.1. The minimum absolute atomic E-state index is 0.204. The van der Waals surface area contributed by atoms with Gasteiger partial charge in [0.2, 0.25) is 0 Å². The van der Waals surface area contributed by atoms with E-state index in [1.54, 1.807) is 0 Å². The van der Waals surface area contributed by atoms with Gasteiger partial charge in [0, 0.05) is 11.8 Å². The van der Waals surface area contributed by atoms with Gasteiger partial charge in [0.15, 0.2) is 12.6 Å². The highest BCUT2D eigenvalue weighted by Crippen LogP contribution is 2.09. The van der Waals surface area contributed by atoms with E-state index < -0.39 is 0 Å². The molecule has 0 saturated heterocycles. The summed E-state index contributed by atoms with van der Waals surface area (Å²) in [6.07, 6.45) is 3.72. The van der Waals surface area contributed by atoms with E-state index in [2.05, 4.69) is 4.98 Å². The molecule has 0 radical (unpaired) electrons. The summed E-state index contributed by atoms with van der Waals surface area (Å²) in [5.74, 6) is 0. The van der Waals surface area contributed by atoms with E-state index in [-0.39, 0.29) is 16.8 Å². The van der Waals surface area contributed by atoms with Gasteiger partial charge in [-0.25, -0.2) is 0 Å². The first kappa shape index (κ1) is 7.40. The number of rotatable bonds is 2. The predicted octanol–water partition coefficient (Wildman–Crippen LogP) is 0.289. The van der Waals surface area contributed by atoms with Crippen LogP contribution in [0.25, 0.3) is 0 Å². The monoisotopic (exact) mass is 150 g/mol. The van der Waals surface area contributed by atoms with Gasteiger partial charge in [-0.2, -0.15) is 0 Å². The van der Waals surface area contributed by atoms with Gasteiger partial charge in [-0.15, -0.1) is 0 Å². The van der Waals surface area contributed by atoms with Crippen LogP contribution < -0.4 is 5.73 Å². The number of carbonyl (C=O) groups is 2. The molecule has 1 heterocycles. The summed E-state index contributed by atoms with van der Waals surface area (Å²) >= 11 is 0. The summed E-state index contributed by atoms with van der Waals surface area (Å²) in [5.41, 5.74) is 6.01. The number of nitrogens with zero attached hydrogens (tertiary/aromatic N) is 1. The average molecular weight is 150 g/mol. The fourth-order valence-corrected chi connectivity index (χ4v) is 0.734. The number of carbonyl (C=O) groups excluding carboxylic acids is 2. The van der Waals surface area contributed by atoms with Crippen LogP contribution in [0.5, 0.6) is 0 Å². The molecule has 0 aliphatic carbocycles. The third-order valence-electron chi connectivity index (χ3n) is 1.29. The lowest BCUT2D eigenvalue weighted by Gasteiger charge is -1.97. The Morgan fingerprint density at radius 2 is 2.00 bits per heavy atom. The molecular formula is C7H6N2O2. The van der Waals surface area contributed by atoms with Crippen molar-refractivity contribution >= 4 is 18.3 Å². The maximum Gasteiger partial charge on any atom is 0.152 e. The van der Waals surface area contributed by atoms with Crippen molar-refractivity contribution in [1.82, 2.24) is 4.98 Å². The quantitative estimate of drug-likeness (QED) is 0.615. The Morgan fingerprint density at radius 1 is 1.27 bits per heavy atom. The van der Waals surface area contributed by atoms with Crippen LogP contribution in [0.1, 0.15) is 20.7 Å². The first-order chi connectivity index (χ1) is 5.29. The topological polar surface area (TPSA) is 73.0 Å². The fourth-order valence-electron chi connectivity index (χ4n) is 0.734. The summed E-state index contributed by atoms with van der Waals surface area (Å²) < 4.78 is 0. The second-order valence-corrected chi connectivity index (χ2v) is 1.97. The SMILES string of the molecule is Nc1cncc(C=O)c1C=O. The maximum atomic E-state index is 10.3. The van der Waals surface area contributed by atoms with Gasteiger partial charge in [0.25, 0.3) is 0 Å². The molecule has 1 aromatic rings. The van der Waals surface area contributed by atoms with E-state index in [0.717, 1.165) is 0 Å². The third-order valence-corrected chi connectivity index (χ3v) is 1.29. The third kappa shape index (κ3) is 1.24. The first-order valence-electron chi connectivity index (χ1n) is 2.93. The van der Waals surface area contributed by atoms with Gasteiger partial charge in [-0.1, -0.05) is 0 Å². The van der Waals surface area contributed by atoms with Crippen LogP contribution in [-0.2, 0) is 0 Å². The van der Waals surface area contributed by atoms with Gasteiger partial charge in [-0.3, -0.25) is 14.6 Å². The van der Waals surface area contributed by atoms with Gasteiger partial charge in [-0.05, 0) is 0 Å². The predicted molar refractivity (Wildman–Crippen MR) is 39.4 cm³/mol. The van der Waals surface area contributed by atoms with Crippen LogP contribution in [-0.4, -0.2) is 17.6 Å². The average Bonchev–Trinajstić information content (AvgIpc) is 2.04. The van der Waals surface area contributed by atoms with E-state index >= 15 is 0 Å². The lowest BCUT2D eigenvalue weighted by Crippen LogP contribution is -1.98. The van der Waals surface area contributed by atoms with Gasteiger partial charge >= 0.3 is 0 Å². The molecule has 56 valence electrons. The van der Waals surface area contributed by atoms with Gasteiger partial charge < -0.3 is 5.73 Å². The second kappa shape index (κ2) is 2.92. The first-order valence-corrected chi connectivity index (χ1v) is 2.93. The number of hydrogen-bond donors (Lipinski definition) is 1. The molecule has 0 unspecified atom stereocenters. The Labute approximate surface area is 63.0 Å². The molecule has 2 N–H and O–H groups in total. The number of nitrogens with two attached hydrogens (primary N) is 1. The lowest BCUT2D eigenvalue weighted by molar-refractivity contribution is 0.109. The van der Waals surface area contributed by atoms with Crippen LogP contribution in [0.15, 0.2) is 12.4 Å². The van der Waals surface area contributed by atoms with Gasteiger partial charge in [0.1, 0.15) is 0 Å². The zero-order chi connectivity index (χ0) is 8.27. The number of pyridine rings is 1. The minimum atomic E-state index is 0.204. The summed E-state index contributed by atoms with van der Waals surface area (Å²) in [4.78, 5) is 24.3. The minimum Gasteiger partial charge on any atom is -0.397 e. The van der Waals surface area contributed by atoms with Gasteiger partial charge in [0.05, 0.1) is 17.4 Å². The van der Waals surface area contributed by atoms with E-state index in [0.29, 0.717) is 12.6 Å². The molecule has 0 amide bonds. The van der Waals surface area contributed by atoms with E-state index in [9.17, 15) is 9.59 Å². The molecular weight excluding hydrogens is 144 g/mol. The Hall–Kier alpha value is -1.71. The molecule has 1 aromatic heterocycles. The maximum absolute atomic E-state index is 10.3. The normalized spacial score (nSPS) is 9.09. The summed E-state index contributed by atoms with van der Waals surface area (Å²) in [6, 6.07) is 0. The van der Waals surface area contributed by atoms with E-state index in [1.807, 2.05) is 0 Å². The van der Waals surface area contributed by atoms with Crippen LogP contribution in [0.3, 0.4) is 0 Å². The second-order valence-electron chi connectivity index (χ2n) is 1.97. The molecule has 1 rings (SSSR count). The Morgan fingerprint density at radius 3 is 2.45 bits per heavy atom. The summed E-state index contributed by atoms with van der Waals surface area (Å²) in [7, 11) is 0. The molecule has 0 aliphatic rings. The highest BCUT2D eigenvalue weighted by Gasteiger charge is 2.03. The van der Waals surface area contributed by atoms with Crippen LogP contribution in [0.2, 0.25) is 0 Å². The van der Waals surface area contributed by atoms with Crippen molar-refractivity contribution in [2.45, 2.75) is 0 Å². The zero-order valence-corrected chi connectivity index (χ0v) is 5.65. The molecule has 0 atom stereocenters. The van der Waals surface area contributed by atoms with Crippen molar-refractivity contribution in [3.63, 3.8) is 0 Å². The Bertz CT molecular complexity index is 296. The molecule has 0 saturated carbocycles. The van der Waals surface area contributed by atoms with Crippen molar-refractivity contribution in [3.8, 4) is 0 Å². The van der Waals surface area contributed by atoms with Crippen LogP contribution in [0.4, 0.5) is 5.69 Å². The van der Waals surface area contributed by atoms with Crippen molar-refractivity contribution in [2.24, 2.45) is 0 Å². The van der Waals surface area contributed by atoms with Crippen molar-refractivity contribution < 1.29 is 9.59 Å². The fraction of sp³-hybridized carbons (Fsp3) is 0. The molecule has 0 aromatic carbocycles. The standard InChI is InChI=1S/C7H6N2O2/c8-7-2-9-1-5(3-10)6(7)4-11/h1-4H,8H2. The number of aldehydes is 2. The smallest absolute Gasteiger partial charge is 0.152 e. The number of aromatic nitrogens is 1. The highest BCUT2D eigenvalue weighted by atomic mass is 16.1. The molecule has 0 bridgehead atoms. The molecule has 0 fully saturated rings. The molecule has 4 heteroatoms. The van der Waals surface area contributed by atoms with E-state index in [4.69, 9.17) is 5.73 Å². The molecule has 4 nitrogen and oxygen atoms in total. The molecule has 11 heavy (non-hydrogen) atoms. The number of hydrogen-bond acceptors (Lipinski definition) is 4. The summed E-state index contributed by atoms with van der Waals surface area (Å²) in [5, 5.41) is 0. The summed E-state index contributed by atoms with van der Waals surface area (Å²) in [6.45, 7) is 0. The van der Waals surface area contributed by atoms with Crippen molar-refractivity contribution in [1.29, 1.82) is 0 Å². The Kier molecular flexibility index (Phi) is 1.96. The molecule has 0 spiro atoms. The zero-order valence-electron chi connectivity index (χ0n) is 5.65. The highest BCUT2D eigenvalue weighted by molar-refractivity contribution is 5.94.